The van der Waals surface area contributed by atoms with Crippen molar-refractivity contribution >= 4 is 28.2 Å². The number of rotatable bonds is 10. The van der Waals surface area contributed by atoms with E-state index in [2.05, 4.69) is 34.5 Å². The molecular weight excluding hydrogens is 703 g/mol. The number of likely N-dealkylation sites (tertiary alicyclic amines) is 1. The van der Waals surface area contributed by atoms with E-state index in [4.69, 9.17) is 25.9 Å². The monoisotopic (exact) mass is 754 g/mol. The van der Waals surface area contributed by atoms with Crippen molar-refractivity contribution in [3.05, 3.63) is 59.6 Å². The number of fused-ring (bicyclic) bond motifs is 2. The highest BCUT2D eigenvalue weighted by Crippen LogP contribution is 2.53. The molecule has 2 N–H and O–H groups in total. The minimum atomic E-state index is -0.942. The molecule has 2 saturated heterocycles. The molecule has 292 valence electrons. The molecule has 2 aliphatic carbocycles. The van der Waals surface area contributed by atoms with E-state index in [1.54, 1.807) is 23.1 Å². The Morgan fingerprint density at radius 2 is 1.96 bits per heavy atom. The first-order valence-electron chi connectivity index (χ1n) is 19.8. The van der Waals surface area contributed by atoms with Crippen LogP contribution in [0.5, 0.6) is 11.8 Å². The van der Waals surface area contributed by atoms with Crippen molar-refractivity contribution in [3.8, 4) is 24.1 Å². The van der Waals surface area contributed by atoms with Gasteiger partial charge in [-0.3, -0.25) is 9.69 Å². The lowest BCUT2D eigenvalue weighted by atomic mass is 9.60. The summed E-state index contributed by atoms with van der Waals surface area (Å²) in [4.78, 5) is 29.0. The number of nitrogens with one attached hydrogen (secondary N) is 1. The zero-order valence-electron chi connectivity index (χ0n) is 32.0. The highest BCUT2D eigenvalue weighted by atomic mass is 19.1. The van der Waals surface area contributed by atoms with Crippen LogP contribution in [0.2, 0.25) is 0 Å². The molecule has 4 fully saturated rings. The lowest BCUT2D eigenvalue weighted by molar-refractivity contribution is -0.129. The lowest BCUT2D eigenvalue weighted by Crippen LogP contribution is -2.59. The minimum Gasteiger partial charge on any atom is -0.508 e. The van der Waals surface area contributed by atoms with Gasteiger partial charge in [-0.1, -0.05) is 31.4 Å². The number of halogens is 2. The standard InChI is InChI=1S/C43H52F2N6O4/c1-5-32-34(45)10-9-28-19-31(52)20-36(38(28)32)50-16-11-33-35(25-50)47-40(48-39(33)46-26-43(12-7-8-13-43)49(4)37(53)6-2)55-27-41(3)21-29(44)24-51(41)30-22-42(23-30)14-17-54-18-15-42/h1,6,9-10,19-20,29-30,52H,2,7-8,11-18,21-27H2,3-4H3,(H,46,47,48)/t29-,41+/m1/s1. The van der Waals surface area contributed by atoms with E-state index in [1.807, 2.05) is 7.05 Å². The number of aromatic hydroxyl groups is 1. The number of hydrogen-bond donors (Lipinski definition) is 2. The van der Waals surface area contributed by atoms with Crippen molar-refractivity contribution in [1.82, 2.24) is 19.8 Å². The summed E-state index contributed by atoms with van der Waals surface area (Å²) in [5.41, 5.74) is 1.78. The van der Waals surface area contributed by atoms with Crippen LogP contribution in [-0.2, 0) is 22.5 Å². The van der Waals surface area contributed by atoms with E-state index in [0.29, 0.717) is 72.8 Å². The number of terminal acetylenes is 1. The molecule has 0 unspecified atom stereocenters. The van der Waals surface area contributed by atoms with E-state index < -0.39 is 23.1 Å². The molecule has 3 aromatic rings. The maximum absolute atomic E-state index is 15.2. The fraction of sp³-hybridized carbons (Fsp3) is 0.558. The van der Waals surface area contributed by atoms with Crippen molar-refractivity contribution in [2.45, 2.75) is 101 Å². The molecule has 1 aromatic heterocycles. The molecule has 0 radical (unpaired) electrons. The molecule has 4 heterocycles. The van der Waals surface area contributed by atoms with Crippen molar-refractivity contribution in [2.75, 3.05) is 56.7 Å². The minimum absolute atomic E-state index is 0.0479. The molecule has 8 rings (SSSR count). The van der Waals surface area contributed by atoms with Crippen molar-refractivity contribution in [2.24, 2.45) is 5.41 Å². The predicted octanol–water partition coefficient (Wildman–Crippen LogP) is 6.53. The van der Waals surface area contributed by atoms with Gasteiger partial charge in [-0.05, 0) is 80.9 Å². The summed E-state index contributed by atoms with van der Waals surface area (Å²) in [6.07, 6.45) is 15.1. The second-order valence-corrected chi connectivity index (χ2v) is 16.9. The van der Waals surface area contributed by atoms with Crippen molar-refractivity contribution < 1.29 is 28.2 Å². The number of carbonyl (C=O) groups is 1. The molecule has 1 spiro atoms. The van der Waals surface area contributed by atoms with Gasteiger partial charge in [0.1, 0.15) is 30.2 Å². The van der Waals surface area contributed by atoms with Crippen LogP contribution in [0.3, 0.4) is 0 Å². The fourth-order valence-electron chi connectivity index (χ4n) is 10.3. The Morgan fingerprint density at radius 3 is 2.69 bits per heavy atom. The first kappa shape index (κ1) is 37.5. The SMILES string of the molecule is C#Cc1c(F)ccc2cc(O)cc(N3CCc4c(nc(OC[C@]5(C)C[C@@H](F)CN5C5CC6(CCOCC6)C5)nc4NCC4(N(C)C(=O)C=C)CCCC4)C3)c12. The van der Waals surface area contributed by atoms with Gasteiger partial charge in [0.2, 0.25) is 5.91 Å². The normalized spacial score (nSPS) is 24.6. The number of benzene rings is 2. The second kappa shape index (κ2) is 14.6. The van der Waals surface area contributed by atoms with E-state index in [0.717, 1.165) is 75.8 Å². The van der Waals surface area contributed by atoms with Gasteiger partial charge >= 0.3 is 6.01 Å². The topological polar surface area (TPSA) is 103 Å². The van der Waals surface area contributed by atoms with Crippen molar-refractivity contribution in [3.63, 3.8) is 0 Å². The number of phenolic OH excluding ortho intramolecular Hbond substituents is 1. The summed E-state index contributed by atoms with van der Waals surface area (Å²) in [7, 11) is 1.84. The molecule has 2 atom stereocenters. The number of nitrogens with zero attached hydrogens (tertiary/aromatic N) is 5. The van der Waals surface area contributed by atoms with Crippen LogP contribution in [0.25, 0.3) is 10.8 Å². The maximum atomic E-state index is 15.2. The number of likely N-dealkylation sites (N-methyl/N-ethyl adjacent to an activating group) is 1. The summed E-state index contributed by atoms with van der Waals surface area (Å²) in [6, 6.07) is 6.64. The van der Waals surface area contributed by atoms with E-state index in [9.17, 15) is 9.90 Å². The van der Waals surface area contributed by atoms with Gasteiger partial charge < -0.3 is 29.7 Å². The Kier molecular flexibility index (Phi) is 9.91. The quantitative estimate of drug-likeness (QED) is 0.177. The van der Waals surface area contributed by atoms with Gasteiger partial charge in [0.15, 0.2) is 0 Å². The van der Waals surface area contributed by atoms with Crippen LogP contribution < -0.4 is 15.0 Å². The smallest absolute Gasteiger partial charge is 0.318 e. The van der Waals surface area contributed by atoms with Crippen molar-refractivity contribution in [1.29, 1.82) is 0 Å². The average molecular weight is 755 g/mol. The third kappa shape index (κ3) is 6.88. The van der Waals surface area contributed by atoms with Gasteiger partial charge in [0.25, 0.3) is 0 Å². The van der Waals surface area contributed by atoms with Crippen LogP contribution in [-0.4, -0.2) is 101 Å². The highest BCUT2D eigenvalue weighted by molar-refractivity contribution is 6.00. The van der Waals surface area contributed by atoms with E-state index >= 15 is 8.78 Å². The molecule has 55 heavy (non-hydrogen) atoms. The first-order valence-corrected chi connectivity index (χ1v) is 19.8. The zero-order valence-corrected chi connectivity index (χ0v) is 32.0. The molecule has 2 aromatic carbocycles. The van der Waals surface area contributed by atoms with Gasteiger partial charge in [-0.2, -0.15) is 9.97 Å². The molecule has 12 heteroatoms. The third-order valence-corrected chi connectivity index (χ3v) is 13.5. The number of alkyl halides is 1. The number of anilines is 2. The highest BCUT2D eigenvalue weighted by Gasteiger charge is 2.54. The number of ether oxygens (including phenoxy) is 2. The number of phenols is 1. The summed E-state index contributed by atoms with van der Waals surface area (Å²) >= 11 is 0. The van der Waals surface area contributed by atoms with Crippen LogP contribution in [0.1, 0.15) is 81.5 Å². The predicted molar refractivity (Wildman–Crippen MR) is 209 cm³/mol. The van der Waals surface area contributed by atoms with Crippen LogP contribution in [0, 0.1) is 23.6 Å². The number of aromatic nitrogens is 2. The summed E-state index contributed by atoms with van der Waals surface area (Å²) < 4.78 is 42.4. The van der Waals surface area contributed by atoms with Crippen LogP contribution in [0.15, 0.2) is 36.9 Å². The summed E-state index contributed by atoms with van der Waals surface area (Å²) in [5, 5.41) is 15.5. The molecule has 2 saturated carbocycles. The Balaban J connectivity index is 1.10. The number of hydrogen-bond acceptors (Lipinski definition) is 9. The van der Waals surface area contributed by atoms with Crippen LogP contribution >= 0.6 is 0 Å². The third-order valence-electron chi connectivity index (χ3n) is 13.5. The van der Waals surface area contributed by atoms with Gasteiger partial charge in [-0.25, -0.2) is 8.78 Å². The number of carbonyl (C=O) groups excluding carboxylic acids is 1. The van der Waals surface area contributed by atoms with Gasteiger partial charge in [0.05, 0.1) is 28.9 Å². The van der Waals surface area contributed by atoms with Crippen LogP contribution in [0.4, 0.5) is 20.3 Å². The van der Waals surface area contributed by atoms with E-state index in [-0.39, 0.29) is 29.8 Å². The lowest BCUT2D eigenvalue weighted by Gasteiger charge is -2.55. The molecular formula is C43H52F2N6O4. The molecule has 0 bridgehead atoms. The number of amides is 1. The fourth-order valence-corrected chi connectivity index (χ4v) is 10.3. The molecule has 5 aliphatic rings. The Morgan fingerprint density at radius 1 is 1.20 bits per heavy atom. The Bertz CT molecular complexity index is 2020. The largest absolute Gasteiger partial charge is 0.508 e. The molecule has 10 nitrogen and oxygen atoms in total. The second-order valence-electron chi connectivity index (χ2n) is 16.9. The van der Waals surface area contributed by atoms with E-state index in [1.165, 1.54) is 12.1 Å². The molecule has 1 amide bonds. The first-order chi connectivity index (χ1) is 26.5. The summed E-state index contributed by atoms with van der Waals surface area (Å²) in [6.45, 7) is 9.37. The maximum Gasteiger partial charge on any atom is 0.318 e. The summed E-state index contributed by atoms with van der Waals surface area (Å²) in [5.74, 6) is 2.58. The average Bonchev–Trinajstić information content (AvgIpc) is 3.78. The Hall–Kier alpha value is -4.47. The Labute approximate surface area is 322 Å². The zero-order chi connectivity index (χ0) is 38.5. The van der Waals surface area contributed by atoms with Gasteiger partial charge in [0, 0.05) is 75.1 Å². The molecule has 3 aliphatic heterocycles. The van der Waals surface area contributed by atoms with Gasteiger partial charge in [-0.15, -0.1) is 6.42 Å².